The Hall–Kier alpha value is -1.04. The second kappa shape index (κ2) is 6.05. The Labute approximate surface area is 109 Å². The van der Waals surface area contributed by atoms with E-state index in [1.54, 1.807) is 6.07 Å². The Bertz CT molecular complexity index is 421. The number of benzene rings is 1. The quantitative estimate of drug-likeness (QED) is 0.815. The molecule has 0 aliphatic heterocycles. The van der Waals surface area contributed by atoms with Crippen LogP contribution in [0.15, 0.2) is 18.2 Å². The van der Waals surface area contributed by atoms with E-state index < -0.39 is 0 Å². The first-order valence-electron chi connectivity index (χ1n) is 5.84. The van der Waals surface area contributed by atoms with Gasteiger partial charge in [0.1, 0.15) is 0 Å². The lowest BCUT2D eigenvalue weighted by Gasteiger charge is -2.28. The average Bonchev–Trinajstić information content (AvgIpc) is 2.30. The monoisotopic (exact) mass is 250 g/mol. The molecule has 1 rings (SSSR count). The van der Waals surface area contributed by atoms with Gasteiger partial charge in [0, 0.05) is 17.6 Å². The lowest BCUT2D eigenvalue weighted by molar-refractivity contribution is 0.200. The maximum absolute atomic E-state index is 8.78. The molecule has 0 bridgehead atoms. The highest BCUT2D eigenvalue weighted by atomic mass is 35.5. The molecule has 0 spiro atoms. The van der Waals surface area contributed by atoms with Crippen molar-refractivity contribution in [1.29, 1.82) is 5.26 Å². The number of nitrogens with zero attached hydrogens (tertiary/aromatic N) is 2. The van der Waals surface area contributed by atoms with Gasteiger partial charge in [-0.25, -0.2) is 0 Å². The highest BCUT2D eigenvalue weighted by molar-refractivity contribution is 6.31. The molecule has 0 heterocycles. The van der Waals surface area contributed by atoms with Gasteiger partial charge in [0.2, 0.25) is 0 Å². The first-order valence-corrected chi connectivity index (χ1v) is 6.22. The number of rotatable bonds is 4. The Kier molecular flexibility index (Phi) is 4.99. The van der Waals surface area contributed by atoms with Crippen LogP contribution in [0.25, 0.3) is 0 Å². The van der Waals surface area contributed by atoms with Crippen LogP contribution in [0.3, 0.4) is 0 Å². The standard InChI is InChI=1S/C14H19ClN2/c1-10(2)11(3)17(4)9-13-6-5-12(8-16)7-14(13)15/h5-7,10-11H,9H2,1-4H3. The molecule has 0 fully saturated rings. The van der Waals surface area contributed by atoms with E-state index in [0.717, 1.165) is 12.1 Å². The lowest BCUT2D eigenvalue weighted by atomic mass is 10.0. The Morgan fingerprint density at radius 1 is 1.35 bits per heavy atom. The average molecular weight is 251 g/mol. The second-order valence-electron chi connectivity index (χ2n) is 4.82. The van der Waals surface area contributed by atoms with Crippen LogP contribution in [0.5, 0.6) is 0 Å². The third-order valence-electron chi connectivity index (χ3n) is 3.26. The van der Waals surface area contributed by atoms with Crippen molar-refractivity contribution in [3.63, 3.8) is 0 Å². The molecule has 2 nitrogen and oxygen atoms in total. The van der Waals surface area contributed by atoms with Crippen molar-refractivity contribution in [1.82, 2.24) is 4.90 Å². The summed E-state index contributed by atoms with van der Waals surface area (Å²) in [6.07, 6.45) is 0. The Morgan fingerprint density at radius 3 is 2.47 bits per heavy atom. The van der Waals surface area contributed by atoms with Crippen LogP contribution < -0.4 is 0 Å². The summed E-state index contributed by atoms with van der Waals surface area (Å²) >= 11 is 6.16. The first-order chi connectivity index (χ1) is 7.95. The van der Waals surface area contributed by atoms with Crippen molar-refractivity contribution in [3.8, 4) is 6.07 Å². The first kappa shape index (κ1) is 14.0. The molecule has 17 heavy (non-hydrogen) atoms. The van der Waals surface area contributed by atoms with Crippen molar-refractivity contribution in [2.75, 3.05) is 7.05 Å². The molecule has 0 saturated heterocycles. The van der Waals surface area contributed by atoms with Gasteiger partial charge in [-0.2, -0.15) is 5.26 Å². The predicted molar refractivity (Wildman–Crippen MR) is 71.9 cm³/mol. The molecule has 1 atom stereocenters. The normalized spacial score (nSPS) is 12.8. The summed E-state index contributed by atoms with van der Waals surface area (Å²) in [7, 11) is 2.10. The maximum Gasteiger partial charge on any atom is 0.0992 e. The van der Waals surface area contributed by atoms with E-state index in [0.29, 0.717) is 22.5 Å². The van der Waals surface area contributed by atoms with Gasteiger partial charge in [-0.1, -0.05) is 31.5 Å². The van der Waals surface area contributed by atoms with Gasteiger partial charge >= 0.3 is 0 Å². The largest absolute Gasteiger partial charge is 0.299 e. The third kappa shape index (κ3) is 3.73. The van der Waals surface area contributed by atoms with Crippen molar-refractivity contribution in [2.45, 2.75) is 33.4 Å². The van der Waals surface area contributed by atoms with Crippen LogP contribution in [-0.4, -0.2) is 18.0 Å². The summed E-state index contributed by atoms with van der Waals surface area (Å²) in [5.41, 5.74) is 1.68. The molecule has 0 aromatic heterocycles. The molecular formula is C14H19ClN2. The minimum atomic E-state index is 0.502. The molecule has 92 valence electrons. The van der Waals surface area contributed by atoms with Crippen LogP contribution in [0.1, 0.15) is 31.9 Å². The zero-order chi connectivity index (χ0) is 13.0. The molecule has 0 saturated carbocycles. The van der Waals surface area contributed by atoms with Crippen molar-refractivity contribution in [3.05, 3.63) is 34.3 Å². The van der Waals surface area contributed by atoms with Crippen molar-refractivity contribution in [2.24, 2.45) is 5.92 Å². The summed E-state index contributed by atoms with van der Waals surface area (Å²) in [5.74, 6) is 0.608. The van der Waals surface area contributed by atoms with Crippen molar-refractivity contribution < 1.29 is 0 Å². The fourth-order valence-corrected chi connectivity index (χ4v) is 1.91. The van der Waals surface area contributed by atoms with Crippen LogP contribution >= 0.6 is 11.6 Å². The lowest BCUT2D eigenvalue weighted by Crippen LogP contribution is -2.32. The molecule has 0 N–H and O–H groups in total. The topological polar surface area (TPSA) is 27.0 Å². The zero-order valence-electron chi connectivity index (χ0n) is 10.9. The van der Waals surface area contributed by atoms with Gasteiger partial charge in [-0.3, -0.25) is 4.90 Å². The molecule has 1 unspecified atom stereocenters. The van der Waals surface area contributed by atoms with E-state index in [1.807, 2.05) is 12.1 Å². The van der Waals surface area contributed by atoms with Crippen LogP contribution in [-0.2, 0) is 6.54 Å². The van der Waals surface area contributed by atoms with E-state index in [-0.39, 0.29) is 0 Å². The number of nitriles is 1. The molecule has 1 aromatic carbocycles. The summed E-state index contributed by atoms with van der Waals surface area (Å²) in [6.45, 7) is 7.44. The minimum absolute atomic E-state index is 0.502. The highest BCUT2D eigenvalue weighted by Gasteiger charge is 2.14. The minimum Gasteiger partial charge on any atom is -0.299 e. The SMILES string of the molecule is CC(C)C(C)N(C)Cc1ccc(C#N)cc1Cl. The Morgan fingerprint density at radius 2 is 2.00 bits per heavy atom. The smallest absolute Gasteiger partial charge is 0.0992 e. The molecule has 0 aliphatic rings. The fraction of sp³-hybridized carbons (Fsp3) is 0.500. The van der Waals surface area contributed by atoms with Crippen molar-refractivity contribution >= 4 is 11.6 Å². The number of hydrogen-bond acceptors (Lipinski definition) is 2. The van der Waals surface area contributed by atoms with E-state index >= 15 is 0 Å². The molecule has 0 aliphatic carbocycles. The van der Waals surface area contributed by atoms with Gasteiger partial charge in [0.25, 0.3) is 0 Å². The van der Waals surface area contributed by atoms with Gasteiger partial charge < -0.3 is 0 Å². The highest BCUT2D eigenvalue weighted by Crippen LogP contribution is 2.20. The molecule has 3 heteroatoms. The predicted octanol–water partition coefficient (Wildman–Crippen LogP) is 3.69. The van der Waals surface area contributed by atoms with E-state index in [4.69, 9.17) is 16.9 Å². The molecule has 1 aromatic rings. The molecule has 0 radical (unpaired) electrons. The summed E-state index contributed by atoms with van der Waals surface area (Å²) in [4.78, 5) is 2.28. The van der Waals surface area contributed by atoms with Gasteiger partial charge in [0.15, 0.2) is 0 Å². The fourth-order valence-electron chi connectivity index (χ4n) is 1.67. The van der Waals surface area contributed by atoms with Gasteiger partial charge in [-0.05, 0) is 37.6 Å². The van der Waals surface area contributed by atoms with Crippen LogP contribution in [0, 0.1) is 17.2 Å². The number of hydrogen-bond donors (Lipinski definition) is 0. The molecular weight excluding hydrogens is 232 g/mol. The summed E-state index contributed by atoms with van der Waals surface area (Å²) in [6, 6.07) is 8.07. The molecule has 0 amide bonds. The summed E-state index contributed by atoms with van der Waals surface area (Å²) < 4.78 is 0. The van der Waals surface area contributed by atoms with Crippen LogP contribution in [0.2, 0.25) is 5.02 Å². The second-order valence-corrected chi connectivity index (χ2v) is 5.22. The maximum atomic E-state index is 8.78. The van der Waals surface area contributed by atoms with Gasteiger partial charge in [-0.15, -0.1) is 0 Å². The zero-order valence-corrected chi connectivity index (χ0v) is 11.6. The summed E-state index contributed by atoms with van der Waals surface area (Å²) in [5, 5.41) is 9.45. The number of halogens is 1. The van der Waals surface area contributed by atoms with E-state index in [2.05, 4.69) is 38.8 Å². The third-order valence-corrected chi connectivity index (χ3v) is 3.61. The van der Waals surface area contributed by atoms with Gasteiger partial charge in [0.05, 0.1) is 11.6 Å². The van der Waals surface area contributed by atoms with E-state index in [9.17, 15) is 0 Å². The Balaban J connectivity index is 2.79. The van der Waals surface area contributed by atoms with Crippen LogP contribution in [0.4, 0.5) is 0 Å². The van der Waals surface area contributed by atoms with E-state index in [1.165, 1.54) is 0 Å².